The molecule has 0 aliphatic rings. The molecular formula is C14H21N3O3. The molecule has 0 fully saturated rings. The molecule has 0 bridgehead atoms. The van der Waals surface area contributed by atoms with Crippen LogP contribution in [0.15, 0.2) is 18.2 Å². The third-order valence-corrected chi connectivity index (χ3v) is 2.77. The minimum Gasteiger partial charge on any atom is -0.462 e. The van der Waals surface area contributed by atoms with Crippen molar-refractivity contribution in [2.45, 2.75) is 26.2 Å². The number of hydrogen-bond donors (Lipinski definition) is 3. The highest BCUT2D eigenvalue weighted by Crippen LogP contribution is 2.23. The van der Waals surface area contributed by atoms with Gasteiger partial charge in [0.25, 0.3) is 0 Å². The summed E-state index contributed by atoms with van der Waals surface area (Å²) in [6.07, 6.45) is 1.89. The molecule has 0 heterocycles. The van der Waals surface area contributed by atoms with Gasteiger partial charge in [0, 0.05) is 13.0 Å². The number of amides is 1. The summed E-state index contributed by atoms with van der Waals surface area (Å²) in [5, 5.41) is 3.14. The smallest absolute Gasteiger partial charge is 0.340 e. The van der Waals surface area contributed by atoms with Crippen molar-refractivity contribution in [2.75, 3.05) is 24.2 Å². The molecule has 0 aromatic heterocycles. The molecule has 0 saturated heterocycles. The summed E-state index contributed by atoms with van der Waals surface area (Å²) in [5.41, 5.74) is 12.4. The number of anilines is 2. The molecule has 5 N–H and O–H groups in total. The fourth-order valence-corrected chi connectivity index (χ4v) is 1.75. The second kappa shape index (κ2) is 8.04. The van der Waals surface area contributed by atoms with Crippen LogP contribution in [0.25, 0.3) is 0 Å². The molecule has 1 amide bonds. The van der Waals surface area contributed by atoms with E-state index in [9.17, 15) is 9.59 Å². The minimum atomic E-state index is -0.428. The van der Waals surface area contributed by atoms with Crippen molar-refractivity contribution in [3.8, 4) is 0 Å². The van der Waals surface area contributed by atoms with Gasteiger partial charge in [0.2, 0.25) is 5.91 Å². The molecule has 0 saturated carbocycles. The largest absolute Gasteiger partial charge is 0.462 e. The Morgan fingerprint density at radius 2 is 2.05 bits per heavy atom. The highest BCUT2D eigenvalue weighted by molar-refractivity contribution is 5.98. The van der Waals surface area contributed by atoms with Crippen LogP contribution in [0.5, 0.6) is 0 Å². The average molecular weight is 279 g/mol. The first-order valence-corrected chi connectivity index (χ1v) is 6.64. The van der Waals surface area contributed by atoms with Gasteiger partial charge < -0.3 is 21.5 Å². The van der Waals surface area contributed by atoms with E-state index < -0.39 is 5.97 Å². The fourth-order valence-electron chi connectivity index (χ4n) is 1.75. The Morgan fingerprint density at radius 3 is 2.70 bits per heavy atom. The van der Waals surface area contributed by atoms with Crippen LogP contribution in [0, 0.1) is 0 Å². The Morgan fingerprint density at radius 1 is 1.30 bits per heavy atom. The van der Waals surface area contributed by atoms with E-state index in [-0.39, 0.29) is 5.91 Å². The first-order chi connectivity index (χ1) is 9.56. The third-order valence-electron chi connectivity index (χ3n) is 2.77. The molecular weight excluding hydrogens is 258 g/mol. The summed E-state index contributed by atoms with van der Waals surface area (Å²) in [6, 6.07) is 5.17. The van der Waals surface area contributed by atoms with E-state index in [4.69, 9.17) is 16.2 Å². The summed E-state index contributed by atoms with van der Waals surface area (Å²) < 4.78 is 4.94. The molecule has 0 unspecified atom stereocenters. The Kier molecular flexibility index (Phi) is 6.36. The van der Waals surface area contributed by atoms with Crippen molar-refractivity contribution in [3.63, 3.8) is 0 Å². The number of unbranched alkanes of at least 4 members (excludes halogenated alkanes) is 1. The number of primary amides is 1. The third kappa shape index (κ3) is 4.79. The first-order valence-electron chi connectivity index (χ1n) is 6.64. The van der Waals surface area contributed by atoms with Gasteiger partial charge in [-0.15, -0.1) is 0 Å². The van der Waals surface area contributed by atoms with Crippen molar-refractivity contribution < 1.29 is 14.3 Å². The van der Waals surface area contributed by atoms with Gasteiger partial charge in [-0.3, -0.25) is 4.79 Å². The zero-order chi connectivity index (χ0) is 15.0. The molecule has 1 aromatic rings. The van der Waals surface area contributed by atoms with E-state index in [2.05, 4.69) is 5.32 Å². The molecule has 0 aliphatic heterocycles. The normalized spacial score (nSPS) is 10.1. The van der Waals surface area contributed by atoms with Crippen LogP contribution >= 0.6 is 0 Å². The van der Waals surface area contributed by atoms with Gasteiger partial charge in [0.15, 0.2) is 0 Å². The summed E-state index contributed by atoms with van der Waals surface area (Å²) >= 11 is 0. The molecule has 1 rings (SSSR count). The number of para-hydroxylation sites is 1. The maximum absolute atomic E-state index is 11.7. The Labute approximate surface area is 118 Å². The second-order valence-corrected chi connectivity index (χ2v) is 4.34. The van der Waals surface area contributed by atoms with Crippen LogP contribution in [0.3, 0.4) is 0 Å². The average Bonchev–Trinajstić information content (AvgIpc) is 2.40. The second-order valence-electron chi connectivity index (χ2n) is 4.34. The highest BCUT2D eigenvalue weighted by atomic mass is 16.5. The van der Waals surface area contributed by atoms with Crippen molar-refractivity contribution in [1.82, 2.24) is 0 Å². The molecule has 110 valence electrons. The SMILES string of the molecule is CCOC(=O)c1cccc(NCCCCC(N)=O)c1N. The lowest BCUT2D eigenvalue weighted by molar-refractivity contribution is -0.118. The minimum absolute atomic E-state index is 0.297. The maximum atomic E-state index is 11.7. The molecule has 0 spiro atoms. The zero-order valence-corrected chi connectivity index (χ0v) is 11.6. The monoisotopic (exact) mass is 279 g/mol. The number of carbonyl (C=O) groups is 2. The highest BCUT2D eigenvalue weighted by Gasteiger charge is 2.12. The molecule has 20 heavy (non-hydrogen) atoms. The van der Waals surface area contributed by atoms with Crippen molar-refractivity contribution >= 4 is 23.3 Å². The lowest BCUT2D eigenvalue weighted by Gasteiger charge is -2.12. The van der Waals surface area contributed by atoms with Crippen molar-refractivity contribution in [1.29, 1.82) is 0 Å². The number of rotatable bonds is 8. The quantitative estimate of drug-likeness (QED) is 0.380. The Balaban J connectivity index is 2.56. The molecule has 6 nitrogen and oxygen atoms in total. The van der Waals surface area contributed by atoms with Gasteiger partial charge in [0.05, 0.1) is 23.5 Å². The van der Waals surface area contributed by atoms with Crippen LogP contribution in [0.2, 0.25) is 0 Å². The standard InChI is InChI=1S/C14H21N3O3/c1-2-20-14(19)10-6-5-7-11(13(10)16)17-9-4-3-8-12(15)18/h5-7,17H,2-4,8-9,16H2,1H3,(H2,15,18). The van der Waals surface area contributed by atoms with Crippen LogP contribution in [0.4, 0.5) is 11.4 Å². The molecule has 0 aliphatic carbocycles. The van der Waals surface area contributed by atoms with Crippen molar-refractivity contribution in [3.05, 3.63) is 23.8 Å². The molecule has 1 aromatic carbocycles. The lowest BCUT2D eigenvalue weighted by Crippen LogP contribution is -2.12. The molecule has 0 radical (unpaired) electrons. The number of nitrogen functional groups attached to an aromatic ring is 1. The Bertz CT molecular complexity index is 475. The summed E-state index contributed by atoms with van der Waals surface area (Å²) in [7, 11) is 0. The van der Waals surface area contributed by atoms with Gasteiger partial charge in [-0.2, -0.15) is 0 Å². The van der Waals surface area contributed by atoms with E-state index >= 15 is 0 Å². The Hall–Kier alpha value is -2.24. The summed E-state index contributed by atoms with van der Waals surface area (Å²) in [5.74, 6) is -0.726. The summed E-state index contributed by atoms with van der Waals surface area (Å²) in [6.45, 7) is 2.71. The van der Waals surface area contributed by atoms with E-state index in [1.807, 2.05) is 0 Å². The van der Waals surface area contributed by atoms with Crippen molar-refractivity contribution in [2.24, 2.45) is 5.73 Å². The van der Waals surface area contributed by atoms with Gasteiger partial charge in [0.1, 0.15) is 0 Å². The molecule has 6 heteroatoms. The van der Waals surface area contributed by atoms with E-state index in [1.54, 1.807) is 25.1 Å². The van der Waals surface area contributed by atoms with Crippen LogP contribution in [0.1, 0.15) is 36.5 Å². The predicted molar refractivity (Wildman–Crippen MR) is 78.3 cm³/mol. The number of ether oxygens (including phenoxy) is 1. The molecule has 0 atom stereocenters. The fraction of sp³-hybridized carbons (Fsp3) is 0.429. The van der Waals surface area contributed by atoms with Gasteiger partial charge >= 0.3 is 5.97 Å². The number of nitrogens with two attached hydrogens (primary N) is 2. The predicted octanol–water partition coefficient (Wildman–Crippen LogP) is 1.51. The zero-order valence-electron chi connectivity index (χ0n) is 11.6. The topological polar surface area (TPSA) is 107 Å². The van der Waals surface area contributed by atoms with Gasteiger partial charge in [-0.05, 0) is 31.9 Å². The van der Waals surface area contributed by atoms with E-state index in [0.717, 1.165) is 12.8 Å². The van der Waals surface area contributed by atoms with E-state index in [1.165, 1.54) is 0 Å². The number of benzene rings is 1. The lowest BCUT2D eigenvalue weighted by atomic mass is 10.1. The van der Waals surface area contributed by atoms with Gasteiger partial charge in [-0.25, -0.2) is 4.79 Å². The van der Waals surface area contributed by atoms with Gasteiger partial charge in [-0.1, -0.05) is 6.07 Å². The number of nitrogens with one attached hydrogen (secondary N) is 1. The number of carbonyl (C=O) groups excluding carboxylic acids is 2. The van der Waals surface area contributed by atoms with Crippen LogP contribution < -0.4 is 16.8 Å². The summed E-state index contributed by atoms with van der Waals surface area (Å²) in [4.78, 5) is 22.3. The first kappa shape index (κ1) is 15.8. The van der Waals surface area contributed by atoms with Crippen LogP contribution in [-0.2, 0) is 9.53 Å². The van der Waals surface area contributed by atoms with Crippen LogP contribution in [-0.4, -0.2) is 25.0 Å². The maximum Gasteiger partial charge on any atom is 0.340 e. The van der Waals surface area contributed by atoms with E-state index in [0.29, 0.717) is 36.5 Å². The number of esters is 1. The number of hydrogen-bond acceptors (Lipinski definition) is 5.